The van der Waals surface area contributed by atoms with E-state index in [0.29, 0.717) is 18.1 Å². The first-order valence-corrected chi connectivity index (χ1v) is 7.98. The maximum absolute atomic E-state index is 12.1. The molecule has 0 aliphatic rings. The van der Waals surface area contributed by atoms with E-state index in [1.807, 2.05) is 13.0 Å². The Hall–Kier alpha value is -0.150. The lowest BCUT2D eigenvalue weighted by atomic mass is 9.93. The van der Waals surface area contributed by atoms with Crippen LogP contribution in [0.25, 0.3) is 0 Å². The van der Waals surface area contributed by atoms with Gasteiger partial charge in [-0.2, -0.15) is 0 Å². The molecule has 1 nitrogen and oxygen atoms in total. The molecule has 96 valence electrons. The van der Waals surface area contributed by atoms with Crippen molar-refractivity contribution in [2.75, 3.05) is 0 Å². The van der Waals surface area contributed by atoms with Gasteiger partial charge in [-0.05, 0) is 40.4 Å². The van der Waals surface area contributed by atoms with Crippen molar-refractivity contribution in [3.8, 4) is 0 Å². The Balaban J connectivity index is 2.58. The van der Waals surface area contributed by atoms with Crippen LogP contribution in [0.4, 0.5) is 0 Å². The molecule has 0 radical (unpaired) electrons. The second-order valence-corrected chi connectivity index (χ2v) is 6.98. The average Bonchev–Trinajstić information content (AvgIpc) is 2.65. The van der Waals surface area contributed by atoms with Crippen LogP contribution in [-0.2, 0) is 0 Å². The fraction of sp³-hybridized carbons (Fsp3) is 0.643. The molecule has 1 aromatic heterocycles. The molecule has 0 saturated heterocycles. The molecule has 1 heterocycles. The zero-order chi connectivity index (χ0) is 12.8. The summed E-state index contributed by atoms with van der Waals surface area (Å²) >= 11 is 5.04. The Kier molecular flexibility index (Phi) is 6.42. The minimum Gasteiger partial charge on any atom is -0.293 e. The number of unbranched alkanes of at least 4 members (excludes halogenated alkanes) is 1. The highest BCUT2D eigenvalue weighted by molar-refractivity contribution is 9.11. The van der Waals surface area contributed by atoms with Crippen LogP contribution in [-0.4, -0.2) is 5.78 Å². The normalized spacial score (nSPS) is 12.7. The van der Waals surface area contributed by atoms with Crippen molar-refractivity contribution < 1.29 is 4.79 Å². The van der Waals surface area contributed by atoms with Gasteiger partial charge in [-0.1, -0.05) is 39.5 Å². The van der Waals surface area contributed by atoms with E-state index in [9.17, 15) is 4.79 Å². The van der Waals surface area contributed by atoms with Crippen molar-refractivity contribution in [1.29, 1.82) is 0 Å². The molecule has 0 aliphatic heterocycles. The predicted octanol–water partition coefficient (Wildman–Crippen LogP) is 5.61. The molecule has 1 rings (SSSR count). The van der Waals surface area contributed by atoms with Gasteiger partial charge in [-0.3, -0.25) is 4.79 Å². The number of hydrogen-bond acceptors (Lipinski definition) is 2. The van der Waals surface area contributed by atoms with Gasteiger partial charge >= 0.3 is 0 Å². The maximum atomic E-state index is 12.1. The number of aryl methyl sites for hydroxylation is 1. The van der Waals surface area contributed by atoms with Gasteiger partial charge in [0.1, 0.15) is 0 Å². The molecule has 0 N–H and O–H groups in total. The monoisotopic (exact) mass is 316 g/mol. The minimum absolute atomic E-state index is 0.312. The zero-order valence-electron chi connectivity index (χ0n) is 10.9. The molecule has 0 bridgehead atoms. The predicted molar refractivity (Wildman–Crippen MR) is 79.0 cm³/mol. The smallest absolute Gasteiger partial charge is 0.173 e. The molecule has 3 heteroatoms. The van der Waals surface area contributed by atoms with E-state index in [1.165, 1.54) is 24.8 Å². The van der Waals surface area contributed by atoms with Crippen molar-refractivity contribution in [3.63, 3.8) is 0 Å². The highest BCUT2D eigenvalue weighted by Crippen LogP contribution is 2.29. The summed E-state index contributed by atoms with van der Waals surface area (Å²) in [4.78, 5) is 13.0. The van der Waals surface area contributed by atoms with Crippen molar-refractivity contribution in [2.45, 2.75) is 52.9 Å². The van der Waals surface area contributed by atoms with Gasteiger partial charge in [0, 0.05) is 6.42 Å². The standard InChI is InChI=1S/C14H21BrOS/c1-4-6-7-11(5-2)9-12(16)13-8-10(3)14(15)17-13/h8,11H,4-7,9H2,1-3H3. The van der Waals surface area contributed by atoms with Crippen LogP contribution in [0.1, 0.15) is 61.2 Å². The average molecular weight is 317 g/mol. The first-order chi connectivity index (χ1) is 8.08. The summed E-state index contributed by atoms with van der Waals surface area (Å²) in [6.45, 7) is 6.42. The topological polar surface area (TPSA) is 17.1 Å². The fourth-order valence-corrected chi connectivity index (χ4v) is 3.39. The lowest BCUT2D eigenvalue weighted by Crippen LogP contribution is -2.07. The van der Waals surface area contributed by atoms with Gasteiger partial charge in [0.2, 0.25) is 0 Å². The number of thiophene rings is 1. The molecule has 0 saturated carbocycles. The van der Waals surface area contributed by atoms with Gasteiger partial charge in [0.15, 0.2) is 5.78 Å². The number of carbonyl (C=O) groups is 1. The van der Waals surface area contributed by atoms with Gasteiger partial charge in [0.05, 0.1) is 8.66 Å². The summed E-state index contributed by atoms with van der Waals surface area (Å²) in [5.74, 6) is 0.871. The van der Waals surface area contributed by atoms with Crippen LogP contribution in [0.5, 0.6) is 0 Å². The SMILES string of the molecule is CCCCC(CC)CC(=O)c1cc(C)c(Br)s1. The molecule has 0 spiro atoms. The van der Waals surface area contributed by atoms with Gasteiger partial charge in [-0.15, -0.1) is 11.3 Å². The van der Waals surface area contributed by atoms with Gasteiger partial charge < -0.3 is 0 Å². The highest BCUT2D eigenvalue weighted by atomic mass is 79.9. The van der Waals surface area contributed by atoms with Crippen LogP contribution in [0.15, 0.2) is 9.85 Å². The highest BCUT2D eigenvalue weighted by Gasteiger charge is 2.16. The van der Waals surface area contributed by atoms with E-state index in [0.717, 1.165) is 15.1 Å². The Morgan fingerprint density at radius 3 is 2.65 bits per heavy atom. The largest absolute Gasteiger partial charge is 0.293 e. The van der Waals surface area contributed by atoms with E-state index in [2.05, 4.69) is 29.8 Å². The van der Waals surface area contributed by atoms with Gasteiger partial charge in [0.25, 0.3) is 0 Å². The second kappa shape index (κ2) is 7.32. The van der Waals surface area contributed by atoms with Crippen molar-refractivity contribution >= 4 is 33.0 Å². The quantitative estimate of drug-likeness (QED) is 0.598. The summed E-state index contributed by atoms with van der Waals surface area (Å²) < 4.78 is 1.09. The van der Waals surface area contributed by atoms with Crippen molar-refractivity contribution in [1.82, 2.24) is 0 Å². The lowest BCUT2D eigenvalue weighted by Gasteiger charge is -2.12. The molecule has 0 fully saturated rings. The van der Waals surface area contributed by atoms with Gasteiger partial charge in [-0.25, -0.2) is 0 Å². The minimum atomic E-state index is 0.312. The van der Waals surface area contributed by atoms with Crippen LogP contribution < -0.4 is 0 Å². The van der Waals surface area contributed by atoms with E-state index in [1.54, 1.807) is 11.3 Å². The van der Waals surface area contributed by atoms with Crippen molar-refractivity contribution in [2.24, 2.45) is 5.92 Å². The Morgan fingerprint density at radius 2 is 2.18 bits per heavy atom. The fourth-order valence-electron chi connectivity index (χ4n) is 1.90. The molecule has 1 unspecified atom stereocenters. The molecule has 1 aromatic rings. The first-order valence-electron chi connectivity index (χ1n) is 6.37. The molecule has 17 heavy (non-hydrogen) atoms. The van der Waals surface area contributed by atoms with Crippen LogP contribution in [0, 0.1) is 12.8 Å². The Morgan fingerprint density at radius 1 is 1.47 bits per heavy atom. The molecular formula is C14H21BrOS. The number of carbonyl (C=O) groups excluding carboxylic acids is 1. The van der Waals surface area contributed by atoms with E-state index >= 15 is 0 Å². The second-order valence-electron chi connectivity index (χ2n) is 4.61. The summed E-state index contributed by atoms with van der Waals surface area (Å²) in [6.07, 6.45) is 5.46. The van der Waals surface area contributed by atoms with Crippen LogP contribution >= 0.6 is 27.3 Å². The third kappa shape index (κ3) is 4.55. The molecule has 0 aliphatic carbocycles. The summed E-state index contributed by atoms with van der Waals surface area (Å²) in [5.41, 5.74) is 1.17. The third-order valence-electron chi connectivity index (χ3n) is 3.15. The van der Waals surface area contributed by atoms with E-state index < -0.39 is 0 Å². The van der Waals surface area contributed by atoms with E-state index in [4.69, 9.17) is 0 Å². The first kappa shape index (κ1) is 14.9. The third-order valence-corrected chi connectivity index (χ3v) is 5.33. The number of rotatable bonds is 7. The lowest BCUT2D eigenvalue weighted by molar-refractivity contribution is 0.0961. The van der Waals surface area contributed by atoms with Crippen molar-refractivity contribution in [3.05, 3.63) is 20.3 Å². The molecule has 1 atom stereocenters. The number of halogens is 1. The maximum Gasteiger partial charge on any atom is 0.173 e. The number of Topliss-reactive ketones (excluding diaryl/α,β-unsaturated/α-hetero) is 1. The van der Waals surface area contributed by atoms with E-state index in [-0.39, 0.29) is 0 Å². The Labute approximate surface area is 117 Å². The number of ketones is 1. The van der Waals surface area contributed by atoms with Crippen LogP contribution in [0.2, 0.25) is 0 Å². The summed E-state index contributed by atoms with van der Waals surface area (Å²) in [6, 6.07) is 2.00. The Bertz CT molecular complexity index is 351. The molecular weight excluding hydrogens is 296 g/mol. The summed E-state index contributed by atoms with van der Waals surface area (Å²) in [7, 11) is 0. The molecule has 0 amide bonds. The summed E-state index contributed by atoms with van der Waals surface area (Å²) in [5, 5.41) is 0. The number of hydrogen-bond donors (Lipinski definition) is 0. The molecule has 0 aromatic carbocycles. The van der Waals surface area contributed by atoms with Crippen LogP contribution in [0.3, 0.4) is 0 Å². The zero-order valence-corrected chi connectivity index (χ0v) is 13.3.